The average Bonchev–Trinajstić information content (AvgIpc) is 2.79. The second-order valence-electron chi connectivity index (χ2n) is 7.25. The largest absolute Gasteiger partial charge is 0.493 e. The van der Waals surface area contributed by atoms with Crippen LogP contribution in [0, 0.1) is 0 Å². The molecular weight excluding hydrogens is 428 g/mol. The van der Waals surface area contributed by atoms with E-state index in [4.69, 9.17) is 26.4 Å². The SMILES string of the molecule is CC[C@H](C)c1ccccc1OCCOc1ccc(C=C2C(=O)NC(=S)NC2=O)cc1OC. The predicted molar refractivity (Wildman–Crippen MR) is 126 cm³/mol. The lowest BCUT2D eigenvalue weighted by molar-refractivity contribution is -0.123. The molecule has 0 radical (unpaired) electrons. The van der Waals surface area contributed by atoms with Crippen molar-refractivity contribution in [1.82, 2.24) is 10.6 Å². The van der Waals surface area contributed by atoms with Gasteiger partial charge in [-0.3, -0.25) is 20.2 Å². The van der Waals surface area contributed by atoms with Crippen LogP contribution < -0.4 is 24.8 Å². The topological polar surface area (TPSA) is 85.9 Å². The van der Waals surface area contributed by atoms with E-state index >= 15 is 0 Å². The summed E-state index contributed by atoms with van der Waals surface area (Å²) in [7, 11) is 1.52. The van der Waals surface area contributed by atoms with Gasteiger partial charge >= 0.3 is 0 Å². The maximum Gasteiger partial charge on any atom is 0.263 e. The van der Waals surface area contributed by atoms with Gasteiger partial charge in [0.2, 0.25) is 0 Å². The van der Waals surface area contributed by atoms with E-state index < -0.39 is 11.8 Å². The predicted octanol–water partition coefficient (Wildman–Crippen LogP) is 3.58. The van der Waals surface area contributed by atoms with Crippen molar-refractivity contribution in [3.8, 4) is 17.2 Å². The molecular formula is C24H26N2O5S. The Morgan fingerprint density at radius 3 is 2.28 bits per heavy atom. The fraction of sp³-hybridized carbons (Fsp3) is 0.292. The summed E-state index contributed by atoms with van der Waals surface area (Å²) in [5.74, 6) is 1.19. The molecule has 0 aliphatic carbocycles. The number of benzene rings is 2. The standard InChI is InChI=1S/C24H26N2O5S/c1-4-15(2)17-7-5-6-8-19(17)30-11-12-31-20-10-9-16(14-21(20)29-3)13-18-22(27)25-24(32)26-23(18)28/h5-10,13-15H,4,11-12H2,1-3H3,(H2,25,26,27,28,32)/t15-/m0/s1. The molecule has 0 spiro atoms. The zero-order chi connectivity index (χ0) is 23.1. The van der Waals surface area contributed by atoms with E-state index in [2.05, 4.69) is 30.5 Å². The Morgan fingerprint density at radius 2 is 1.62 bits per heavy atom. The van der Waals surface area contributed by atoms with Crippen molar-refractivity contribution < 1.29 is 23.8 Å². The van der Waals surface area contributed by atoms with Crippen LogP contribution in [0.25, 0.3) is 6.08 Å². The molecule has 1 saturated heterocycles. The molecule has 1 atom stereocenters. The Labute approximate surface area is 192 Å². The number of thiocarbonyl (C=S) groups is 1. The Balaban J connectivity index is 1.64. The summed E-state index contributed by atoms with van der Waals surface area (Å²) in [6, 6.07) is 13.2. The van der Waals surface area contributed by atoms with E-state index in [1.165, 1.54) is 18.7 Å². The van der Waals surface area contributed by atoms with E-state index in [1.54, 1.807) is 18.2 Å². The van der Waals surface area contributed by atoms with Gasteiger partial charge in [-0.15, -0.1) is 0 Å². The first-order chi connectivity index (χ1) is 15.4. The van der Waals surface area contributed by atoms with Crippen molar-refractivity contribution >= 4 is 35.2 Å². The van der Waals surface area contributed by atoms with Crippen molar-refractivity contribution in [2.75, 3.05) is 20.3 Å². The number of ether oxygens (including phenoxy) is 3. The number of para-hydroxylation sites is 1. The summed E-state index contributed by atoms with van der Waals surface area (Å²) in [4.78, 5) is 24.0. The van der Waals surface area contributed by atoms with Crippen LogP contribution in [0.1, 0.15) is 37.3 Å². The molecule has 1 heterocycles. The number of nitrogens with one attached hydrogen (secondary N) is 2. The Kier molecular flexibility index (Phi) is 7.83. The highest BCUT2D eigenvalue weighted by atomic mass is 32.1. The number of rotatable bonds is 9. The third kappa shape index (κ3) is 5.64. The highest BCUT2D eigenvalue weighted by molar-refractivity contribution is 7.80. The third-order valence-corrected chi connectivity index (χ3v) is 5.31. The van der Waals surface area contributed by atoms with Crippen molar-refractivity contribution in [3.05, 3.63) is 59.2 Å². The van der Waals surface area contributed by atoms with Crippen LogP contribution in [-0.4, -0.2) is 37.3 Å². The Hall–Kier alpha value is -3.39. The molecule has 3 rings (SSSR count). The van der Waals surface area contributed by atoms with Crippen LogP contribution >= 0.6 is 12.2 Å². The summed E-state index contributed by atoms with van der Waals surface area (Å²) in [6.07, 6.45) is 2.50. The zero-order valence-electron chi connectivity index (χ0n) is 18.3. The number of hydrogen-bond donors (Lipinski definition) is 2. The van der Waals surface area contributed by atoms with Gasteiger partial charge in [-0.2, -0.15) is 0 Å². The normalized spacial score (nSPS) is 14.3. The van der Waals surface area contributed by atoms with E-state index in [9.17, 15) is 9.59 Å². The van der Waals surface area contributed by atoms with E-state index in [0.29, 0.717) is 36.2 Å². The summed E-state index contributed by atoms with van der Waals surface area (Å²) in [5.41, 5.74) is 1.75. The van der Waals surface area contributed by atoms with Crippen LogP contribution in [0.5, 0.6) is 17.2 Å². The minimum atomic E-state index is -0.548. The van der Waals surface area contributed by atoms with Crippen LogP contribution in [0.2, 0.25) is 0 Å². The zero-order valence-corrected chi connectivity index (χ0v) is 19.1. The number of carbonyl (C=O) groups is 2. The number of methoxy groups -OCH3 is 1. The van der Waals surface area contributed by atoms with Crippen molar-refractivity contribution in [2.45, 2.75) is 26.2 Å². The minimum absolute atomic E-state index is 0.00697. The number of hydrogen-bond acceptors (Lipinski definition) is 6. The summed E-state index contributed by atoms with van der Waals surface area (Å²) in [5, 5.41) is 4.80. The molecule has 2 amide bonds. The van der Waals surface area contributed by atoms with Gasteiger partial charge in [0.1, 0.15) is 24.5 Å². The molecule has 2 aromatic carbocycles. The molecule has 1 aliphatic rings. The van der Waals surface area contributed by atoms with Crippen LogP contribution in [0.3, 0.4) is 0 Å². The Morgan fingerprint density at radius 1 is 0.969 bits per heavy atom. The van der Waals surface area contributed by atoms with Gasteiger partial charge in [-0.05, 0) is 60.0 Å². The second kappa shape index (κ2) is 10.8. The third-order valence-electron chi connectivity index (χ3n) is 5.10. The first-order valence-electron chi connectivity index (χ1n) is 10.3. The molecule has 0 bridgehead atoms. The van der Waals surface area contributed by atoms with Gasteiger partial charge in [-0.1, -0.05) is 38.1 Å². The smallest absolute Gasteiger partial charge is 0.263 e. The van der Waals surface area contributed by atoms with Gasteiger partial charge < -0.3 is 14.2 Å². The van der Waals surface area contributed by atoms with Gasteiger partial charge in [0.15, 0.2) is 16.6 Å². The molecule has 168 valence electrons. The van der Waals surface area contributed by atoms with E-state index in [0.717, 1.165) is 12.2 Å². The first kappa shape index (κ1) is 23.3. The molecule has 8 heteroatoms. The first-order valence-corrected chi connectivity index (χ1v) is 10.7. The van der Waals surface area contributed by atoms with Gasteiger partial charge in [-0.25, -0.2) is 0 Å². The Bertz CT molecular complexity index is 1030. The molecule has 1 fully saturated rings. The fourth-order valence-electron chi connectivity index (χ4n) is 3.21. The minimum Gasteiger partial charge on any atom is -0.493 e. The maximum absolute atomic E-state index is 12.0. The van der Waals surface area contributed by atoms with E-state index in [1.807, 2.05) is 18.2 Å². The van der Waals surface area contributed by atoms with Gasteiger partial charge in [0.05, 0.1) is 7.11 Å². The lowest BCUT2D eigenvalue weighted by atomic mass is 9.98. The summed E-state index contributed by atoms with van der Waals surface area (Å²) < 4.78 is 17.2. The van der Waals surface area contributed by atoms with Crippen LogP contribution in [-0.2, 0) is 9.59 Å². The number of carbonyl (C=O) groups excluding carboxylic acids is 2. The lowest BCUT2D eigenvalue weighted by Gasteiger charge is -2.17. The summed E-state index contributed by atoms with van der Waals surface area (Å²) in [6.45, 7) is 5.03. The summed E-state index contributed by atoms with van der Waals surface area (Å²) >= 11 is 4.80. The van der Waals surface area contributed by atoms with Gasteiger partial charge in [0.25, 0.3) is 11.8 Å². The van der Waals surface area contributed by atoms with Crippen molar-refractivity contribution in [3.63, 3.8) is 0 Å². The molecule has 2 aromatic rings. The highest BCUT2D eigenvalue weighted by Gasteiger charge is 2.25. The van der Waals surface area contributed by atoms with Crippen molar-refractivity contribution in [2.24, 2.45) is 0 Å². The molecule has 0 aromatic heterocycles. The molecule has 2 N–H and O–H groups in total. The van der Waals surface area contributed by atoms with Crippen LogP contribution in [0.4, 0.5) is 0 Å². The lowest BCUT2D eigenvalue weighted by Crippen LogP contribution is -2.51. The molecule has 7 nitrogen and oxygen atoms in total. The highest BCUT2D eigenvalue weighted by Crippen LogP contribution is 2.30. The quantitative estimate of drug-likeness (QED) is 0.261. The van der Waals surface area contributed by atoms with Gasteiger partial charge in [0, 0.05) is 0 Å². The molecule has 32 heavy (non-hydrogen) atoms. The molecule has 0 unspecified atom stereocenters. The van der Waals surface area contributed by atoms with Crippen LogP contribution in [0.15, 0.2) is 48.0 Å². The molecule has 0 saturated carbocycles. The number of amides is 2. The second-order valence-corrected chi connectivity index (χ2v) is 7.66. The monoisotopic (exact) mass is 454 g/mol. The average molecular weight is 455 g/mol. The van der Waals surface area contributed by atoms with Crippen molar-refractivity contribution in [1.29, 1.82) is 0 Å². The molecule has 1 aliphatic heterocycles. The van der Waals surface area contributed by atoms with E-state index in [-0.39, 0.29) is 10.7 Å². The fourth-order valence-corrected chi connectivity index (χ4v) is 3.39. The maximum atomic E-state index is 12.0.